The third kappa shape index (κ3) is 3.93. The summed E-state index contributed by atoms with van der Waals surface area (Å²) in [6, 6.07) is 10.3. The molecule has 0 aliphatic carbocycles. The zero-order valence-electron chi connectivity index (χ0n) is 16.7. The Labute approximate surface area is 166 Å². The van der Waals surface area contributed by atoms with Crippen molar-refractivity contribution in [3.63, 3.8) is 0 Å². The summed E-state index contributed by atoms with van der Waals surface area (Å²) in [4.78, 5) is 27.0. The van der Waals surface area contributed by atoms with E-state index in [0.29, 0.717) is 23.3 Å². The first-order valence-electron chi connectivity index (χ1n) is 10.1. The molecule has 3 fully saturated rings. The summed E-state index contributed by atoms with van der Waals surface area (Å²) in [6.45, 7) is 6.15. The smallest absolute Gasteiger partial charge is 0.257 e. The van der Waals surface area contributed by atoms with E-state index in [2.05, 4.69) is 14.9 Å². The van der Waals surface area contributed by atoms with Crippen LogP contribution in [0.5, 0.6) is 0 Å². The fourth-order valence-electron chi connectivity index (χ4n) is 4.44. The molecule has 5 rings (SSSR count). The molecule has 6 nitrogen and oxygen atoms in total. The number of piperidine rings is 1. The molecule has 0 saturated carbocycles. The van der Waals surface area contributed by atoms with Gasteiger partial charge in [0.1, 0.15) is 5.82 Å². The minimum absolute atomic E-state index is 0.0457. The van der Waals surface area contributed by atoms with Crippen molar-refractivity contribution in [3.8, 4) is 11.3 Å². The first kappa shape index (κ1) is 19.0. The van der Waals surface area contributed by atoms with Crippen LogP contribution in [0.15, 0.2) is 36.5 Å². The van der Waals surface area contributed by atoms with Gasteiger partial charge in [-0.1, -0.05) is 30.3 Å². The van der Waals surface area contributed by atoms with Crippen molar-refractivity contribution in [2.45, 2.75) is 25.8 Å². The van der Waals surface area contributed by atoms with Gasteiger partial charge in [0.2, 0.25) is 0 Å². The van der Waals surface area contributed by atoms with Gasteiger partial charge in [0.05, 0.1) is 17.9 Å². The van der Waals surface area contributed by atoms with Crippen molar-refractivity contribution in [3.05, 3.63) is 47.9 Å². The summed E-state index contributed by atoms with van der Waals surface area (Å²) in [5.74, 6) is 1.24. The molecule has 3 aliphatic rings. The normalized spacial score (nSPS) is 22.3. The number of benzene rings is 1. The Bertz CT molecular complexity index is 827. The molecule has 2 bridgehead atoms. The number of amides is 1. The number of fused-ring (bicyclic) bond motifs is 4. The van der Waals surface area contributed by atoms with E-state index in [4.69, 9.17) is 4.74 Å². The van der Waals surface area contributed by atoms with E-state index in [1.54, 1.807) is 13.3 Å². The highest BCUT2D eigenvalue weighted by molar-refractivity contribution is 5.99. The predicted molar refractivity (Wildman–Crippen MR) is 108 cm³/mol. The number of rotatable bonds is 5. The van der Waals surface area contributed by atoms with Crippen molar-refractivity contribution >= 4 is 5.91 Å². The maximum atomic E-state index is 13.5. The predicted octanol–water partition coefficient (Wildman–Crippen LogP) is 2.63. The van der Waals surface area contributed by atoms with E-state index in [1.807, 2.05) is 42.2 Å². The summed E-state index contributed by atoms with van der Waals surface area (Å²) >= 11 is 0. The number of carbonyl (C=O) groups excluding carboxylic acids is 1. The van der Waals surface area contributed by atoms with Crippen LogP contribution in [0.4, 0.5) is 0 Å². The monoisotopic (exact) mass is 380 g/mol. The topological polar surface area (TPSA) is 58.6 Å². The molecular weight excluding hydrogens is 352 g/mol. The van der Waals surface area contributed by atoms with Gasteiger partial charge in [0.15, 0.2) is 0 Å². The fourth-order valence-corrected chi connectivity index (χ4v) is 4.44. The van der Waals surface area contributed by atoms with Crippen LogP contribution < -0.4 is 0 Å². The van der Waals surface area contributed by atoms with Gasteiger partial charge in [-0.05, 0) is 25.7 Å². The van der Waals surface area contributed by atoms with Crippen LogP contribution in [-0.2, 0) is 4.74 Å². The second kappa shape index (κ2) is 8.37. The first-order valence-corrected chi connectivity index (χ1v) is 10.1. The second-order valence-corrected chi connectivity index (χ2v) is 7.84. The molecule has 0 N–H and O–H groups in total. The molecule has 0 spiro atoms. The van der Waals surface area contributed by atoms with Gasteiger partial charge in [-0.25, -0.2) is 9.97 Å². The molecule has 1 amide bonds. The van der Waals surface area contributed by atoms with Crippen LogP contribution in [0.25, 0.3) is 11.3 Å². The van der Waals surface area contributed by atoms with Gasteiger partial charge in [0.25, 0.3) is 5.91 Å². The number of carbonyl (C=O) groups is 1. The number of ether oxygens (including phenoxy) is 1. The van der Waals surface area contributed by atoms with Crippen LogP contribution in [-0.4, -0.2) is 71.6 Å². The van der Waals surface area contributed by atoms with Crippen molar-refractivity contribution in [2.24, 2.45) is 5.92 Å². The number of methoxy groups -OCH3 is 1. The molecule has 1 aromatic heterocycles. The van der Waals surface area contributed by atoms with Gasteiger partial charge >= 0.3 is 0 Å². The molecule has 2 atom stereocenters. The summed E-state index contributed by atoms with van der Waals surface area (Å²) in [7, 11) is 1.74. The summed E-state index contributed by atoms with van der Waals surface area (Å²) in [5.41, 5.74) is 2.28. The van der Waals surface area contributed by atoms with Gasteiger partial charge in [-0.3, -0.25) is 9.69 Å². The maximum absolute atomic E-state index is 13.5. The zero-order chi connectivity index (χ0) is 19.5. The van der Waals surface area contributed by atoms with Crippen molar-refractivity contribution in [2.75, 3.05) is 39.9 Å². The fraction of sp³-hybridized carbons (Fsp3) is 0.500. The Balaban J connectivity index is 1.60. The molecule has 3 aliphatic heterocycles. The number of hydrogen-bond donors (Lipinski definition) is 0. The van der Waals surface area contributed by atoms with Gasteiger partial charge in [0, 0.05) is 51.1 Å². The van der Waals surface area contributed by atoms with Crippen LogP contribution in [0.1, 0.15) is 29.0 Å². The molecule has 0 unspecified atom stereocenters. The lowest BCUT2D eigenvalue weighted by atomic mass is 9.95. The third-order valence-corrected chi connectivity index (χ3v) is 5.88. The Morgan fingerprint density at radius 1 is 1.18 bits per heavy atom. The van der Waals surface area contributed by atoms with E-state index in [1.165, 1.54) is 6.42 Å². The van der Waals surface area contributed by atoms with Crippen LogP contribution in [0, 0.1) is 12.8 Å². The molecule has 28 heavy (non-hydrogen) atoms. The average Bonchev–Trinajstić information content (AvgIpc) is 3.04. The van der Waals surface area contributed by atoms with E-state index in [0.717, 1.165) is 50.5 Å². The van der Waals surface area contributed by atoms with Crippen LogP contribution in [0.2, 0.25) is 0 Å². The number of nitrogens with zero attached hydrogens (tertiary/aromatic N) is 4. The first-order chi connectivity index (χ1) is 13.7. The quantitative estimate of drug-likeness (QED) is 0.798. The average molecular weight is 380 g/mol. The van der Waals surface area contributed by atoms with Gasteiger partial charge in [-0.15, -0.1) is 0 Å². The largest absolute Gasteiger partial charge is 0.383 e. The Morgan fingerprint density at radius 3 is 2.79 bits per heavy atom. The number of aryl methyl sites for hydroxylation is 1. The lowest BCUT2D eigenvalue weighted by molar-refractivity contribution is 0.0717. The molecular formula is C22H28N4O2. The Kier molecular flexibility index (Phi) is 5.69. The highest BCUT2D eigenvalue weighted by Gasteiger charge is 2.37. The van der Waals surface area contributed by atoms with E-state index in [9.17, 15) is 4.79 Å². The molecule has 1 aromatic carbocycles. The third-order valence-electron chi connectivity index (χ3n) is 5.88. The summed E-state index contributed by atoms with van der Waals surface area (Å²) in [5, 5.41) is 0. The second-order valence-electron chi connectivity index (χ2n) is 7.84. The van der Waals surface area contributed by atoms with Crippen LogP contribution >= 0.6 is 0 Å². The van der Waals surface area contributed by atoms with E-state index >= 15 is 0 Å². The van der Waals surface area contributed by atoms with Crippen LogP contribution in [0.3, 0.4) is 0 Å². The highest BCUT2D eigenvalue weighted by Crippen LogP contribution is 2.30. The van der Waals surface area contributed by atoms with E-state index < -0.39 is 0 Å². The SMILES string of the molecule is COCCN1C[C@@H]2CC[C@H]1CN(C(=O)c1cnc(C)nc1-c1ccccc1)C2. The number of aromatic nitrogens is 2. The standard InChI is InChI=1S/C22H28N4O2/c1-16-23-12-20(21(24-16)18-6-4-3-5-7-18)22(27)26-14-17-8-9-19(15-26)25(13-17)10-11-28-2/h3-7,12,17,19H,8-11,13-15H2,1-2H3/t17-,19-/m0/s1. The van der Waals surface area contributed by atoms with Crippen molar-refractivity contribution < 1.29 is 9.53 Å². The zero-order valence-corrected chi connectivity index (χ0v) is 16.7. The van der Waals surface area contributed by atoms with Crippen molar-refractivity contribution in [1.29, 1.82) is 0 Å². The van der Waals surface area contributed by atoms with E-state index in [-0.39, 0.29) is 5.91 Å². The highest BCUT2D eigenvalue weighted by atomic mass is 16.5. The van der Waals surface area contributed by atoms with Crippen molar-refractivity contribution in [1.82, 2.24) is 19.8 Å². The number of hydrogen-bond acceptors (Lipinski definition) is 5. The lowest BCUT2D eigenvalue weighted by Gasteiger charge is -2.35. The molecule has 0 radical (unpaired) electrons. The Hall–Kier alpha value is -2.31. The lowest BCUT2D eigenvalue weighted by Crippen LogP contribution is -2.45. The van der Waals surface area contributed by atoms with Gasteiger partial charge in [-0.2, -0.15) is 0 Å². The maximum Gasteiger partial charge on any atom is 0.257 e. The minimum Gasteiger partial charge on any atom is -0.383 e. The molecule has 148 valence electrons. The molecule has 2 aromatic rings. The molecule has 6 heteroatoms. The summed E-state index contributed by atoms with van der Waals surface area (Å²) < 4.78 is 5.27. The van der Waals surface area contributed by atoms with Gasteiger partial charge < -0.3 is 9.64 Å². The summed E-state index contributed by atoms with van der Waals surface area (Å²) in [6.07, 6.45) is 4.03. The minimum atomic E-state index is 0.0457. The Morgan fingerprint density at radius 2 is 2.00 bits per heavy atom. The molecule has 4 heterocycles. The molecule has 3 saturated heterocycles.